The molecule has 0 aromatic carbocycles. The van der Waals surface area contributed by atoms with Crippen LogP contribution in [0.15, 0.2) is 23.8 Å². The molecule has 1 atom stereocenters. The van der Waals surface area contributed by atoms with Gasteiger partial charge in [0, 0.05) is 11.0 Å². The van der Waals surface area contributed by atoms with Gasteiger partial charge in [-0.2, -0.15) is 0 Å². The molecule has 0 radical (unpaired) electrons. The molecule has 2 rings (SSSR count). The molecule has 2 aliphatic rings. The van der Waals surface area contributed by atoms with Crippen molar-refractivity contribution in [3.63, 3.8) is 0 Å². The van der Waals surface area contributed by atoms with Crippen molar-refractivity contribution in [3.05, 3.63) is 23.8 Å². The molecule has 102 valence electrons. The molecule has 1 aliphatic carbocycles. The number of rotatable bonds is 4. The lowest BCUT2D eigenvalue weighted by molar-refractivity contribution is -0.212. The fourth-order valence-electron chi connectivity index (χ4n) is 2.48. The molecule has 1 aliphatic heterocycles. The third-order valence-corrected chi connectivity index (χ3v) is 4.37. The minimum atomic E-state index is -0.175. The van der Waals surface area contributed by atoms with E-state index in [-0.39, 0.29) is 11.7 Å². The standard InChI is InChI=1S/C15H25NO2/c1-3-15(4-2)10-17-14(18-11-15)13-7-5-12(9-16)6-8-13/h5,7-8,12,14H,3-4,6,9-11,16H2,1-2H3. The zero-order valence-corrected chi connectivity index (χ0v) is 11.5. The lowest BCUT2D eigenvalue weighted by Crippen LogP contribution is -2.41. The minimum Gasteiger partial charge on any atom is -0.348 e. The Hall–Kier alpha value is -0.640. The second kappa shape index (κ2) is 6.00. The van der Waals surface area contributed by atoms with Crippen molar-refractivity contribution < 1.29 is 9.47 Å². The van der Waals surface area contributed by atoms with Crippen molar-refractivity contribution in [3.8, 4) is 0 Å². The van der Waals surface area contributed by atoms with Crippen LogP contribution in [0.1, 0.15) is 33.1 Å². The van der Waals surface area contributed by atoms with Crippen LogP contribution in [0.3, 0.4) is 0 Å². The molecule has 1 unspecified atom stereocenters. The van der Waals surface area contributed by atoms with Crippen molar-refractivity contribution in [1.29, 1.82) is 0 Å². The van der Waals surface area contributed by atoms with E-state index in [4.69, 9.17) is 15.2 Å². The molecule has 18 heavy (non-hydrogen) atoms. The number of nitrogens with two attached hydrogens (primary N) is 1. The van der Waals surface area contributed by atoms with Gasteiger partial charge in [0.1, 0.15) is 0 Å². The summed E-state index contributed by atoms with van der Waals surface area (Å²) in [4.78, 5) is 0. The normalized spacial score (nSPS) is 28.2. The summed E-state index contributed by atoms with van der Waals surface area (Å²) in [7, 11) is 0. The Morgan fingerprint density at radius 2 is 1.94 bits per heavy atom. The van der Waals surface area contributed by atoms with E-state index < -0.39 is 0 Å². The number of allylic oxidation sites excluding steroid dienone is 1. The van der Waals surface area contributed by atoms with Crippen LogP contribution in [0.5, 0.6) is 0 Å². The van der Waals surface area contributed by atoms with Gasteiger partial charge in [-0.3, -0.25) is 0 Å². The van der Waals surface area contributed by atoms with Gasteiger partial charge in [0.2, 0.25) is 0 Å². The average Bonchev–Trinajstić information content (AvgIpc) is 2.47. The Kier molecular flexibility index (Phi) is 4.60. The van der Waals surface area contributed by atoms with Crippen molar-refractivity contribution in [2.75, 3.05) is 19.8 Å². The van der Waals surface area contributed by atoms with Crippen LogP contribution in [0, 0.1) is 11.3 Å². The Morgan fingerprint density at radius 1 is 1.28 bits per heavy atom. The SMILES string of the molecule is CCC1(CC)COC(C2=CCC(CN)C=C2)OC1. The molecule has 2 N–H and O–H groups in total. The van der Waals surface area contributed by atoms with Gasteiger partial charge >= 0.3 is 0 Å². The van der Waals surface area contributed by atoms with E-state index >= 15 is 0 Å². The van der Waals surface area contributed by atoms with E-state index in [9.17, 15) is 0 Å². The zero-order valence-electron chi connectivity index (χ0n) is 11.5. The Bertz CT molecular complexity index is 321. The first-order valence-corrected chi connectivity index (χ1v) is 7.04. The second-order valence-electron chi connectivity index (χ2n) is 5.46. The molecule has 1 fully saturated rings. The lowest BCUT2D eigenvalue weighted by Gasteiger charge is -2.39. The second-order valence-corrected chi connectivity index (χ2v) is 5.46. The highest BCUT2D eigenvalue weighted by Crippen LogP contribution is 2.34. The molecule has 0 amide bonds. The maximum absolute atomic E-state index is 5.91. The summed E-state index contributed by atoms with van der Waals surface area (Å²) < 4.78 is 11.8. The third-order valence-electron chi connectivity index (χ3n) is 4.37. The van der Waals surface area contributed by atoms with Gasteiger partial charge in [-0.15, -0.1) is 0 Å². The number of ether oxygens (including phenoxy) is 2. The zero-order chi connectivity index (χ0) is 13.0. The molecular formula is C15H25NO2. The van der Waals surface area contributed by atoms with Gasteiger partial charge in [-0.1, -0.05) is 32.1 Å². The molecule has 0 saturated carbocycles. The molecule has 0 bridgehead atoms. The van der Waals surface area contributed by atoms with Gasteiger partial charge in [0.05, 0.1) is 13.2 Å². The van der Waals surface area contributed by atoms with Crippen LogP contribution in [0.25, 0.3) is 0 Å². The van der Waals surface area contributed by atoms with Gasteiger partial charge < -0.3 is 15.2 Å². The van der Waals surface area contributed by atoms with E-state index in [1.807, 2.05) is 0 Å². The van der Waals surface area contributed by atoms with Gasteiger partial charge in [-0.25, -0.2) is 0 Å². The van der Waals surface area contributed by atoms with Crippen molar-refractivity contribution in [2.24, 2.45) is 17.1 Å². The fraction of sp³-hybridized carbons (Fsp3) is 0.733. The summed E-state index contributed by atoms with van der Waals surface area (Å²) >= 11 is 0. The number of hydrogen-bond acceptors (Lipinski definition) is 3. The predicted octanol–water partition coefficient (Wildman–Crippen LogP) is 2.63. The smallest absolute Gasteiger partial charge is 0.183 e. The van der Waals surface area contributed by atoms with Gasteiger partial charge in [0.15, 0.2) is 6.29 Å². The van der Waals surface area contributed by atoms with Crippen molar-refractivity contribution in [1.82, 2.24) is 0 Å². The van der Waals surface area contributed by atoms with E-state index in [0.29, 0.717) is 12.5 Å². The highest BCUT2D eigenvalue weighted by Gasteiger charge is 2.34. The van der Waals surface area contributed by atoms with Crippen LogP contribution >= 0.6 is 0 Å². The van der Waals surface area contributed by atoms with Crippen LogP contribution in [-0.4, -0.2) is 26.0 Å². The molecule has 1 saturated heterocycles. The summed E-state index contributed by atoms with van der Waals surface area (Å²) in [5.41, 5.74) is 7.03. The van der Waals surface area contributed by atoms with Crippen molar-refractivity contribution >= 4 is 0 Å². The van der Waals surface area contributed by atoms with E-state index in [2.05, 4.69) is 32.1 Å². The predicted molar refractivity (Wildman–Crippen MR) is 73.1 cm³/mol. The molecule has 0 aromatic heterocycles. The van der Waals surface area contributed by atoms with Gasteiger partial charge in [-0.05, 0) is 31.7 Å². The van der Waals surface area contributed by atoms with Crippen LogP contribution in [-0.2, 0) is 9.47 Å². The first-order valence-electron chi connectivity index (χ1n) is 7.04. The van der Waals surface area contributed by atoms with E-state index in [0.717, 1.165) is 38.0 Å². The summed E-state index contributed by atoms with van der Waals surface area (Å²) in [6, 6.07) is 0. The quantitative estimate of drug-likeness (QED) is 0.835. The monoisotopic (exact) mass is 251 g/mol. The first-order chi connectivity index (χ1) is 8.73. The molecule has 3 heteroatoms. The molecular weight excluding hydrogens is 226 g/mol. The summed E-state index contributed by atoms with van der Waals surface area (Å²) in [5.74, 6) is 0.475. The van der Waals surface area contributed by atoms with E-state index in [1.165, 1.54) is 0 Å². The van der Waals surface area contributed by atoms with E-state index in [1.54, 1.807) is 0 Å². The summed E-state index contributed by atoms with van der Waals surface area (Å²) in [6.07, 6.45) is 9.53. The highest BCUT2D eigenvalue weighted by atomic mass is 16.7. The van der Waals surface area contributed by atoms with Gasteiger partial charge in [0.25, 0.3) is 0 Å². The topological polar surface area (TPSA) is 44.5 Å². The maximum atomic E-state index is 5.91. The minimum absolute atomic E-state index is 0.175. The van der Waals surface area contributed by atoms with Crippen LogP contribution in [0.4, 0.5) is 0 Å². The number of hydrogen-bond donors (Lipinski definition) is 1. The highest BCUT2D eigenvalue weighted by molar-refractivity contribution is 5.26. The Morgan fingerprint density at radius 3 is 2.39 bits per heavy atom. The first kappa shape index (κ1) is 13.8. The lowest BCUT2D eigenvalue weighted by atomic mass is 9.83. The third kappa shape index (κ3) is 2.85. The summed E-state index contributed by atoms with van der Waals surface area (Å²) in [5, 5.41) is 0. The fourth-order valence-corrected chi connectivity index (χ4v) is 2.48. The average molecular weight is 251 g/mol. The molecule has 1 heterocycles. The summed E-state index contributed by atoms with van der Waals surface area (Å²) in [6.45, 7) is 6.73. The van der Waals surface area contributed by atoms with Crippen molar-refractivity contribution in [2.45, 2.75) is 39.4 Å². The maximum Gasteiger partial charge on any atom is 0.183 e. The molecule has 0 spiro atoms. The molecule has 0 aromatic rings. The van der Waals surface area contributed by atoms with Crippen LogP contribution < -0.4 is 5.73 Å². The molecule has 3 nitrogen and oxygen atoms in total. The largest absolute Gasteiger partial charge is 0.348 e. The van der Waals surface area contributed by atoms with Crippen LogP contribution in [0.2, 0.25) is 0 Å². The Labute approximate surface area is 110 Å². The Balaban J connectivity index is 1.91.